The molecule has 3 atom stereocenters. The van der Waals surface area contributed by atoms with Gasteiger partial charge >= 0.3 is 54.2 Å². The van der Waals surface area contributed by atoms with Gasteiger partial charge in [-0.3, -0.25) is 0 Å². The molecule has 70 heavy (non-hydrogen) atoms. The second-order valence-corrected chi connectivity index (χ2v) is 21.3. The molecule has 0 fully saturated rings. The van der Waals surface area contributed by atoms with Crippen LogP contribution in [-0.4, -0.2) is 58.7 Å². The molecule has 4 aromatic carbocycles. The molecule has 0 heterocycles. The molecule has 0 radical (unpaired) electrons. The van der Waals surface area contributed by atoms with Crippen molar-refractivity contribution in [1.82, 2.24) is 0 Å². The Labute approximate surface area is 461 Å². The summed E-state index contributed by atoms with van der Waals surface area (Å²) in [5.74, 6) is 2.32. The molecule has 4 aromatic rings. The second-order valence-electron chi connectivity index (χ2n) is 13.8. The molecule has 0 aliphatic carbocycles. The van der Waals surface area contributed by atoms with Gasteiger partial charge in [0.05, 0.1) is 21.3 Å². The molecule has 0 aliphatic heterocycles. The average Bonchev–Trinajstić information content (AvgIpc) is 3.33. The van der Waals surface area contributed by atoms with Gasteiger partial charge in [-0.2, -0.15) is 38.4 Å². The number of hydrogen-bond donors (Lipinski definition) is 1. The van der Waals surface area contributed by atoms with E-state index in [0.717, 1.165) is 27.4 Å². The van der Waals surface area contributed by atoms with Gasteiger partial charge in [-0.25, -0.2) is 16.8 Å². The molecule has 22 heteroatoms. The molecule has 0 unspecified atom stereocenters. The number of rotatable bonds is 12. The van der Waals surface area contributed by atoms with E-state index in [4.69, 9.17) is 44.1 Å². The van der Waals surface area contributed by atoms with E-state index in [0.29, 0.717) is 27.5 Å². The zero-order valence-corrected chi connectivity index (χ0v) is 49.9. The summed E-state index contributed by atoms with van der Waals surface area (Å²) in [6.45, 7) is 20.0. The van der Waals surface area contributed by atoms with E-state index in [2.05, 4.69) is 122 Å². The fourth-order valence-electron chi connectivity index (χ4n) is 4.61. The van der Waals surface area contributed by atoms with Crippen LogP contribution >= 0.6 is 44.3 Å². The first-order valence-electron chi connectivity index (χ1n) is 20.8. The van der Waals surface area contributed by atoms with Crippen LogP contribution < -0.4 is 35.3 Å². The molecule has 4 rings (SSSR count). The van der Waals surface area contributed by atoms with E-state index < -0.39 is 30.4 Å². The van der Waals surface area contributed by atoms with Gasteiger partial charge in [-0.05, 0) is 108 Å². The zero-order chi connectivity index (χ0) is 53.9. The van der Waals surface area contributed by atoms with Crippen LogP contribution in [0.4, 0.5) is 0 Å². The minimum Gasteiger partial charge on any atom is -0.424 e. The fourth-order valence-corrected chi connectivity index (χ4v) is 6.90. The number of sulfone groups is 2. The first kappa shape index (κ1) is 80.5. The van der Waals surface area contributed by atoms with E-state index in [1.165, 1.54) is 23.1 Å². The van der Waals surface area contributed by atoms with Crippen LogP contribution in [0.15, 0.2) is 116 Å². The summed E-state index contributed by atoms with van der Waals surface area (Å²) in [6.07, 6.45) is 4.13. The number of hydrogen-bond acceptors (Lipinski definition) is 16. The van der Waals surface area contributed by atoms with Crippen LogP contribution in [0.3, 0.4) is 0 Å². The van der Waals surface area contributed by atoms with E-state index in [1.807, 2.05) is 19.1 Å². The smallest absolute Gasteiger partial charge is 0.424 e. The van der Waals surface area contributed by atoms with Gasteiger partial charge < -0.3 is 14.2 Å². The Morgan fingerprint density at radius 3 is 0.900 bits per heavy atom. The summed E-state index contributed by atoms with van der Waals surface area (Å²) in [6, 6.07) is 31.1. The number of benzene rings is 4. The van der Waals surface area contributed by atoms with Crippen LogP contribution in [0.1, 0.15) is 135 Å². The van der Waals surface area contributed by atoms with Crippen LogP contribution in [0.2, 0.25) is 0 Å². The summed E-state index contributed by atoms with van der Waals surface area (Å²) >= 11 is 6.81. The molecule has 0 aromatic heterocycles. The van der Waals surface area contributed by atoms with Crippen molar-refractivity contribution < 1.29 is 93.2 Å². The van der Waals surface area contributed by atoms with Crippen molar-refractivity contribution in [3.63, 3.8) is 0 Å². The topological polar surface area (TPSA) is 265 Å². The molecule has 386 valence electrons. The van der Waals surface area contributed by atoms with E-state index in [-0.39, 0.29) is 89.9 Å². The van der Waals surface area contributed by atoms with Gasteiger partial charge in [0.25, 0.3) is 0 Å². The van der Waals surface area contributed by atoms with Crippen molar-refractivity contribution in [2.45, 2.75) is 122 Å². The molecule has 0 aliphatic rings. The first-order chi connectivity index (χ1) is 31.9. The normalized spacial score (nSPS) is 10.6. The summed E-state index contributed by atoms with van der Waals surface area (Å²) in [7, 11) is -7.96. The molecule has 15 nitrogen and oxygen atoms in total. The van der Waals surface area contributed by atoms with Crippen molar-refractivity contribution in [3.8, 4) is 0 Å². The minimum atomic E-state index is -3.09. The SMILES string of the molecule is CC(C)c1ccc(Br)cc1.CC[C@H](C)c1ccc(Br)cc1.CC[C@H](C)c1ccc(S(=O)(=O)CC)cc1.CC[C@H](N)c1ccc(S(=O)(=O)CC)cc1.CC[S-](=O)=O.Cl.O=C=O.O=C=O.O=C=O.O=C=O.[Na+]. The van der Waals surface area contributed by atoms with Gasteiger partial charge in [-0.1, -0.05) is 166 Å². The number of nitrogens with two attached hydrogens (primary N) is 1. The van der Waals surface area contributed by atoms with E-state index in [9.17, 15) is 25.3 Å². The Morgan fingerprint density at radius 2 is 0.700 bits per heavy atom. The maximum atomic E-state index is 11.6. The third kappa shape index (κ3) is 42.2. The largest absolute Gasteiger partial charge is 1.00 e. The summed E-state index contributed by atoms with van der Waals surface area (Å²) in [5.41, 5.74) is 10.8. The molecule has 0 bridgehead atoms. The molecular formula is C48H65Br2ClNNaO14S3. The van der Waals surface area contributed by atoms with Crippen LogP contribution in [0.5, 0.6) is 0 Å². The van der Waals surface area contributed by atoms with Gasteiger partial charge in [0.15, 0.2) is 19.7 Å². The molecule has 0 spiro atoms. The Hall–Kier alpha value is -3.54. The third-order valence-electron chi connectivity index (χ3n) is 9.11. The fraction of sp³-hybridized carbons (Fsp3) is 0.417. The van der Waals surface area contributed by atoms with Gasteiger partial charge in [0.1, 0.15) is 0 Å². The van der Waals surface area contributed by atoms with Crippen molar-refractivity contribution in [2.75, 3.05) is 17.3 Å². The number of halogens is 3. The zero-order valence-electron chi connectivity index (χ0n) is 41.5. The Morgan fingerprint density at radius 1 is 0.471 bits per heavy atom. The van der Waals surface area contributed by atoms with Crippen molar-refractivity contribution >= 4 is 99.3 Å². The van der Waals surface area contributed by atoms with Crippen LogP contribution in [-0.2, 0) is 77.2 Å². The van der Waals surface area contributed by atoms with Crippen LogP contribution in [0.25, 0.3) is 0 Å². The summed E-state index contributed by atoms with van der Waals surface area (Å²) < 4.78 is 67.2. The van der Waals surface area contributed by atoms with Gasteiger partial charge in [-0.15, -0.1) is 12.4 Å². The molecule has 0 saturated heterocycles. The Kier molecular flexibility index (Phi) is 58.0. The molecule has 2 N–H and O–H groups in total. The summed E-state index contributed by atoms with van der Waals surface area (Å²) in [5, 5.41) is 0. The van der Waals surface area contributed by atoms with Crippen molar-refractivity contribution in [2.24, 2.45) is 5.73 Å². The standard InChI is InChI=1S/C12H18O2S.C11H17NO2S.C10H13Br.C9H11Br.C2H5O2S.4CO2.ClH.Na/c1-4-10(3)11-6-8-12(9-7-11)15(13,14)5-2;1-3-11(12)9-5-7-10(8-6-9)15(13,14)4-2;1-3-8(2)9-4-6-10(11)7-5-9;1-7(2)8-3-5-9(10)6-4-8;1-2-5(3)4;4*2-1-3;;/h6-10H,4-5H2,1-3H3;5-8,11H,3-4,12H2,1-2H3;4-8H,3H2,1-2H3;3-7H,1-2H3;2H2,1H3;;;;;1H;/q;;;;-1;;;;;;+1/t10-;11-;8-;;;;;;;;/m000......../s1. The van der Waals surface area contributed by atoms with Crippen molar-refractivity contribution in [1.29, 1.82) is 0 Å². The van der Waals surface area contributed by atoms with Crippen molar-refractivity contribution in [3.05, 3.63) is 128 Å². The molecule has 0 amide bonds. The molecular weight excluding hydrogens is 1130 g/mol. The first-order valence-corrected chi connectivity index (χ1v) is 27.0. The molecule has 0 saturated carbocycles. The van der Waals surface area contributed by atoms with E-state index >= 15 is 0 Å². The van der Waals surface area contributed by atoms with Gasteiger partial charge in [0, 0.05) is 15.0 Å². The Balaban J connectivity index is -0.000000136. The maximum absolute atomic E-state index is 11.6. The quantitative estimate of drug-likeness (QED) is 0.105. The predicted molar refractivity (Wildman–Crippen MR) is 272 cm³/mol. The van der Waals surface area contributed by atoms with Gasteiger partial charge in [0.2, 0.25) is 0 Å². The summed E-state index contributed by atoms with van der Waals surface area (Å²) in [4.78, 5) is 65.8. The Bertz CT molecular complexity index is 2230. The predicted octanol–water partition coefficient (Wildman–Crippen LogP) is 7.83. The minimum absolute atomic E-state index is 0. The second kappa shape index (κ2) is 50.4. The monoisotopic (exact) mass is 1190 g/mol. The number of carbonyl (C=O) groups excluding carboxylic acids is 8. The average molecular weight is 1190 g/mol. The third-order valence-corrected chi connectivity index (χ3v) is 14.1. The van der Waals surface area contributed by atoms with Crippen LogP contribution in [0, 0.1) is 0 Å². The van der Waals surface area contributed by atoms with E-state index in [1.54, 1.807) is 57.2 Å². The maximum Gasteiger partial charge on any atom is 1.00 e.